The van der Waals surface area contributed by atoms with Crippen molar-refractivity contribution >= 4 is 11.9 Å². The maximum atomic E-state index is 11.4. The van der Waals surface area contributed by atoms with E-state index in [1.165, 1.54) is 83.5 Å². The summed E-state index contributed by atoms with van der Waals surface area (Å²) in [5.41, 5.74) is 0. The minimum Gasteiger partial charge on any atom is -0.466 e. The molecule has 0 aromatic carbocycles. The Morgan fingerprint density at radius 1 is 0.488 bits per heavy atom. The molecule has 0 heterocycles. The summed E-state index contributed by atoms with van der Waals surface area (Å²) < 4.78 is 10.2. The molecule has 0 amide bonds. The van der Waals surface area contributed by atoms with Crippen LogP contribution in [-0.2, 0) is 19.1 Å². The van der Waals surface area contributed by atoms with E-state index < -0.39 is 0 Å². The highest BCUT2D eigenvalue weighted by Crippen LogP contribution is 2.14. The topological polar surface area (TPSA) is 72.8 Å². The van der Waals surface area contributed by atoms with Gasteiger partial charge in [0.05, 0.1) is 13.2 Å². The van der Waals surface area contributed by atoms with Crippen LogP contribution in [0.3, 0.4) is 0 Å². The number of ether oxygens (including phenoxy) is 2. The lowest BCUT2D eigenvalue weighted by molar-refractivity contribution is -0.144. The Labute approximate surface area is 256 Å². The molecule has 0 bridgehead atoms. The fraction of sp³-hybridized carbons (Fsp3) is 0.944. The molecule has 0 fully saturated rings. The largest absolute Gasteiger partial charge is 0.466 e. The van der Waals surface area contributed by atoms with Gasteiger partial charge in [0.2, 0.25) is 0 Å². The molecule has 246 valence electrons. The van der Waals surface area contributed by atoms with Crippen molar-refractivity contribution in [1.29, 1.82) is 0 Å². The Morgan fingerprint density at radius 3 is 1.12 bits per heavy atom. The molecule has 0 saturated carbocycles. The van der Waals surface area contributed by atoms with Crippen LogP contribution in [0.2, 0.25) is 0 Å². The van der Waals surface area contributed by atoms with E-state index in [4.69, 9.17) is 14.6 Å². The standard InChI is InChI=1S/C18H34O4.C18H38O/c1-3-5-15-21-17(19)13-11-9-7-8-10-12-14-18(20)22-16-6-4-2;1-18(2)16-14-12-10-8-6-4-3-5-7-9-11-13-15-17-19/h3-16H2,1-2H3;18-19H,3-17H2,1-2H3. The third-order valence-electron chi connectivity index (χ3n) is 7.47. The maximum absolute atomic E-state index is 11.4. The van der Waals surface area contributed by atoms with Crippen molar-refractivity contribution in [3.8, 4) is 0 Å². The molecular weight excluding hydrogens is 512 g/mol. The van der Waals surface area contributed by atoms with E-state index in [9.17, 15) is 9.59 Å². The van der Waals surface area contributed by atoms with Crippen molar-refractivity contribution in [2.45, 2.75) is 195 Å². The van der Waals surface area contributed by atoms with Crippen molar-refractivity contribution in [2.75, 3.05) is 19.8 Å². The van der Waals surface area contributed by atoms with Gasteiger partial charge in [0.25, 0.3) is 0 Å². The predicted molar refractivity (Wildman–Crippen MR) is 175 cm³/mol. The molecule has 0 unspecified atom stereocenters. The van der Waals surface area contributed by atoms with Crippen LogP contribution in [0.25, 0.3) is 0 Å². The SMILES string of the molecule is CC(C)CCCCCCCCCCCCCCCO.CCCCOC(=O)CCCCCCCCC(=O)OCCCC. The van der Waals surface area contributed by atoms with E-state index in [1.807, 2.05) is 0 Å². The first-order chi connectivity index (χ1) is 20.0. The summed E-state index contributed by atoms with van der Waals surface area (Å²) in [7, 11) is 0. The van der Waals surface area contributed by atoms with Gasteiger partial charge in [0.1, 0.15) is 0 Å². The van der Waals surface area contributed by atoms with Gasteiger partial charge in [-0.05, 0) is 38.0 Å². The van der Waals surface area contributed by atoms with Crippen molar-refractivity contribution in [1.82, 2.24) is 0 Å². The summed E-state index contributed by atoms with van der Waals surface area (Å²) in [6.45, 7) is 10.3. The number of hydrogen-bond donors (Lipinski definition) is 1. The first-order valence-electron chi connectivity index (χ1n) is 17.9. The van der Waals surface area contributed by atoms with Crippen molar-refractivity contribution in [3.63, 3.8) is 0 Å². The minimum absolute atomic E-state index is 0.0664. The molecule has 0 atom stereocenters. The summed E-state index contributed by atoms with van der Waals surface area (Å²) in [5.74, 6) is 0.754. The first kappa shape index (κ1) is 42.0. The van der Waals surface area contributed by atoms with Crippen molar-refractivity contribution < 1.29 is 24.2 Å². The van der Waals surface area contributed by atoms with Crippen LogP contribution < -0.4 is 0 Å². The lowest BCUT2D eigenvalue weighted by Crippen LogP contribution is -2.05. The van der Waals surface area contributed by atoms with E-state index in [0.29, 0.717) is 32.7 Å². The molecule has 0 aromatic heterocycles. The molecule has 5 heteroatoms. The highest BCUT2D eigenvalue weighted by molar-refractivity contribution is 5.69. The molecule has 0 spiro atoms. The van der Waals surface area contributed by atoms with Crippen LogP contribution in [0.15, 0.2) is 0 Å². The number of carbonyl (C=O) groups is 2. The smallest absolute Gasteiger partial charge is 0.305 e. The van der Waals surface area contributed by atoms with Gasteiger partial charge in [-0.3, -0.25) is 9.59 Å². The number of unbranched alkanes of at least 4 members (excludes halogenated alkanes) is 19. The Hall–Kier alpha value is -1.10. The second kappa shape index (κ2) is 36.9. The summed E-state index contributed by atoms with van der Waals surface area (Å²) in [4.78, 5) is 22.7. The summed E-state index contributed by atoms with van der Waals surface area (Å²) in [5, 5.41) is 8.67. The van der Waals surface area contributed by atoms with Gasteiger partial charge in [-0.15, -0.1) is 0 Å². The number of carbonyl (C=O) groups excluding carboxylic acids is 2. The number of aliphatic hydroxyl groups is 1. The quantitative estimate of drug-likeness (QED) is 0.0671. The maximum Gasteiger partial charge on any atom is 0.305 e. The van der Waals surface area contributed by atoms with E-state index in [1.54, 1.807) is 0 Å². The summed E-state index contributed by atoms with van der Waals surface area (Å²) in [6, 6.07) is 0. The Bertz CT molecular complexity index is 492. The average Bonchev–Trinajstić information content (AvgIpc) is 2.95. The Kier molecular flexibility index (Phi) is 37.9. The van der Waals surface area contributed by atoms with Crippen LogP contribution in [-0.4, -0.2) is 36.9 Å². The number of rotatable bonds is 30. The highest BCUT2D eigenvalue weighted by atomic mass is 16.5. The molecule has 5 nitrogen and oxygen atoms in total. The third-order valence-corrected chi connectivity index (χ3v) is 7.47. The molecule has 0 aliphatic rings. The summed E-state index contributed by atoms with van der Waals surface area (Å²) >= 11 is 0. The number of aliphatic hydroxyl groups excluding tert-OH is 1. The number of hydrogen-bond acceptors (Lipinski definition) is 5. The molecule has 0 radical (unpaired) electrons. The second-order valence-electron chi connectivity index (χ2n) is 12.3. The molecule has 0 aliphatic carbocycles. The number of esters is 2. The third kappa shape index (κ3) is 41.1. The molecule has 0 saturated heterocycles. The molecule has 0 aromatic rings. The first-order valence-corrected chi connectivity index (χ1v) is 17.9. The second-order valence-corrected chi connectivity index (χ2v) is 12.3. The van der Waals surface area contributed by atoms with Crippen LogP contribution in [0.4, 0.5) is 0 Å². The van der Waals surface area contributed by atoms with E-state index in [0.717, 1.165) is 76.5 Å². The van der Waals surface area contributed by atoms with Crippen LogP contribution >= 0.6 is 0 Å². The van der Waals surface area contributed by atoms with Gasteiger partial charge in [0, 0.05) is 19.4 Å². The van der Waals surface area contributed by atoms with E-state index in [2.05, 4.69) is 27.7 Å². The molecule has 41 heavy (non-hydrogen) atoms. The summed E-state index contributed by atoms with van der Waals surface area (Å²) in [6.07, 6.45) is 30.5. The van der Waals surface area contributed by atoms with Gasteiger partial charge in [-0.25, -0.2) is 0 Å². The van der Waals surface area contributed by atoms with Gasteiger partial charge in [-0.2, -0.15) is 0 Å². The zero-order chi connectivity index (χ0) is 30.7. The van der Waals surface area contributed by atoms with Gasteiger partial charge in [0.15, 0.2) is 0 Å². The predicted octanol–water partition coefficient (Wildman–Crippen LogP) is 10.9. The van der Waals surface area contributed by atoms with E-state index >= 15 is 0 Å². The fourth-order valence-corrected chi connectivity index (χ4v) is 4.66. The van der Waals surface area contributed by atoms with Crippen molar-refractivity contribution in [3.05, 3.63) is 0 Å². The fourth-order valence-electron chi connectivity index (χ4n) is 4.66. The molecule has 0 rings (SSSR count). The minimum atomic E-state index is -0.0664. The average molecular weight is 585 g/mol. The van der Waals surface area contributed by atoms with Gasteiger partial charge < -0.3 is 14.6 Å². The normalized spacial score (nSPS) is 10.9. The lowest BCUT2D eigenvalue weighted by Gasteiger charge is -2.05. The zero-order valence-electron chi connectivity index (χ0n) is 28.2. The van der Waals surface area contributed by atoms with Crippen LogP contribution in [0.5, 0.6) is 0 Å². The zero-order valence-corrected chi connectivity index (χ0v) is 28.2. The van der Waals surface area contributed by atoms with Gasteiger partial charge in [-0.1, -0.05) is 150 Å². The van der Waals surface area contributed by atoms with Gasteiger partial charge >= 0.3 is 11.9 Å². The Morgan fingerprint density at radius 2 is 0.805 bits per heavy atom. The molecular formula is C36H72O5. The van der Waals surface area contributed by atoms with E-state index in [-0.39, 0.29) is 11.9 Å². The molecule has 0 aliphatic heterocycles. The lowest BCUT2D eigenvalue weighted by atomic mass is 10.0. The van der Waals surface area contributed by atoms with Crippen LogP contribution in [0.1, 0.15) is 195 Å². The van der Waals surface area contributed by atoms with Crippen LogP contribution in [0, 0.1) is 5.92 Å². The monoisotopic (exact) mass is 585 g/mol. The molecule has 1 N–H and O–H groups in total. The highest BCUT2D eigenvalue weighted by Gasteiger charge is 2.04. The Balaban J connectivity index is 0. The van der Waals surface area contributed by atoms with Crippen molar-refractivity contribution in [2.24, 2.45) is 5.92 Å².